The molecule has 1 saturated heterocycles. The number of carbonyl (C=O) groups excluding carboxylic acids is 4. The minimum atomic E-state index is -0.923. The molecule has 10 heteroatoms. The van der Waals surface area contributed by atoms with Crippen LogP contribution in [0.15, 0.2) is 76.8 Å². The van der Waals surface area contributed by atoms with Crippen LogP contribution in [-0.2, 0) is 20.9 Å². The molecule has 0 unspecified atom stereocenters. The number of amides is 4. The Morgan fingerprint density at radius 2 is 1.81 bits per heavy atom. The molecule has 4 rings (SSSR count). The Bertz CT molecular complexity index is 1420. The molecule has 0 aliphatic carbocycles. The van der Waals surface area contributed by atoms with Crippen LogP contribution in [0.25, 0.3) is 6.08 Å². The second-order valence-corrected chi connectivity index (χ2v) is 8.74. The van der Waals surface area contributed by atoms with Gasteiger partial charge in [0, 0.05) is 10.0 Å². The van der Waals surface area contributed by atoms with E-state index in [1.807, 2.05) is 0 Å². The van der Waals surface area contributed by atoms with E-state index in [1.165, 1.54) is 42.5 Å². The van der Waals surface area contributed by atoms with Gasteiger partial charge in [0.25, 0.3) is 11.8 Å². The summed E-state index contributed by atoms with van der Waals surface area (Å²) in [6, 6.07) is 15.6. The number of imide groups is 2. The molecule has 3 aromatic carbocycles. The first-order valence-corrected chi connectivity index (χ1v) is 11.9. The van der Waals surface area contributed by atoms with Crippen LogP contribution in [0.2, 0.25) is 0 Å². The summed E-state index contributed by atoms with van der Waals surface area (Å²) in [5.74, 6) is -2.33. The highest BCUT2D eigenvalue weighted by molar-refractivity contribution is 9.10. The maximum absolute atomic E-state index is 13.5. The maximum atomic E-state index is 13.5. The molecule has 37 heavy (non-hydrogen) atoms. The molecule has 0 saturated carbocycles. The zero-order valence-electron chi connectivity index (χ0n) is 19.5. The van der Waals surface area contributed by atoms with Crippen molar-refractivity contribution in [1.29, 1.82) is 0 Å². The second kappa shape index (κ2) is 11.2. The largest absolute Gasteiger partial charge is 0.488 e. The summed E-state index contributed by atoms with van der Waals surface area (Å²) in [6.07, 6.45) is 1.32. The van der Waals surface area contributed by atoms with Gasteiger partial charge in [-0.05, 0) is 73.2 Å². The second-order valence-electron chi connectivity index (χ2n) is 7.83. The highest BCUT2D eigenvalue weighted by atomic mass is 79.9. The highest BCUT2D eigenvalue weighted by Gasteiger charge is 2.37. The average Bonchev–Trinajstić information content (AvgIpc) is 2.86. The van der Waals surface area contributed by atoms with Gasteiger partial charge in [-0.15, -0.1) is 0 Å². The van der Waals surface area contributed by atoms with Crippen molar-refractivity contribution < 1.29 is 33.0 Å². The first kappa shape index (κ1) is 25.8. The standard InChI is InChI=1S/C27H20BrFN2O6/c1-2-36-26(34)17-6-9-21(10-7-17)31-25(33)22(24(32)30-27(31)35)14-18-13-19(28)8-11-23(18)37-15-16-4-3-5-20(29)12-16/h3-14H,2,15H2,1H3,(H,30,32,35)/b22-14+. The third-order valence-electron chi connectivity index (χ3n) is 5.29. The van der Waals surface area contributed by atoms with Gasteiger partial charge >= 0.3 is 12.0 Å². The number of ether oxygens (including phenoxy) is 2. The monoisotopic (exact) mass is 566 g/mol. The SMILES string of the molecule is CCOC(=O)c1ccc(N2C(=O)NC(=O)/C(=C\c3cc(Br)ccc3OCc3cccc(F)c3)C2=O)cc1. The van der Waals surface area contributed by atoms with Crippen LogP contribution in [0.1, 0.15) is 28.4 Å². The van der Waals surface area contributed by atoms with E-state index in [0.717, 1.165) is 4.90 Å². The van der Waals surface area contributed by atoms with Crippen LogP contribution >= 0.6 is 15.9 Å². The van der Waals surface area contributed by atoms with Crippen molar-refractivity contribution in [3.05, 3.63) is 99.3 Å². The van der Waals surface area contributed by atoms with Gasteiger partial charge < -0.3 is 9.47 Å². The predicted molar refractivity (Wildman–Crippen MR) is 136 cm³/mol. The van der Waals surface area contributed by atoms with E-state index in [9.17, 15) is 23.6 Å². The van der Waals surface area contributed by atoms with E-state index in [0.29, 0.717) is 21.3 Å². The van der Waals surface area contributed by atoms with Gasteiger partial charge in [0.05, 0.1) is 17.9 Å². The summed E-state index contributed by atoms with van der Waals surface area (Å²) in [6.45, 7) is 1.93. The summed E-state index contributed by atoms with van der Waals surface area (Å²) in [7, 11) is 0. The fraction of sp³-hybridized carbons (Fsp3) is 0.111. The average molecular weight is 567 g/mol. The van der Waals surface area contributed by atoms with Crippen LogP contribution in [0.3, 0.4) is 0 Å². The van der Waals surface area contributed by atoms with Gasteiger partial charge in [-0.2, -0.15) is 0 Å². The summed E-state index contributed by atoms with van der Waals surface area (Å²) in [5.41, 5.74) is 1.08. The van der Waals surface area contributed by atoms with Crippen molar-refractivity contribution in [2.75, 3.05) is 11.5 Å². The van der Waals surface area contributed by atoms with Crippen LogP contribution in [0, 0.1) is 5.82 Å². The number of urea groups is 1. The lowest BCUT2D eigenvalue weighted by Gasteiger charge is -2.26. The number of carbonyl (C=O) groups is 4. The fourth-order valence-corrected chi connectivity index (χ4v) is 3.94. The predicted octanol–water partition coefficient (Wildman–Crippen LogP) is 5.01. The topological polar surface area (TPSA) is 102 Å². The molecule has 1 aliphatic rings. The summed E-state index contributed by atoms with van der Waals surface area (Å²) in [5, 5.41) is 2.16. The van der Waals surface area contributed by atoms with Crippen molar-refractivity contribution in [3.63, 3.8) is 0 Å². The molecule has 4 amide bonds. The van der Waals surface area contributed by atoms with Gasteiger partial charge in [-0.25, -0.2) is 18.9 Å². The number of benzene rings is 3. The number of nitrogens with zero attached hydrogens (tertiary/aromatic N) is 1. The normalized spacial score (nSPS) is 14.5. The molecule has 1 heterocycles. The Morgan fingerprint density at radius 1 is 1.05 bits per heavy atom. The highest BCUT2D eigenvalue weighted by Crippen LogP contribution is 2.29. The Balaban J connectivity index is 1.63. The number of rotatable bonds is 7. The number of barbiturate groups is 1. The number of hydrogen-bond acceptors (Lipinski definition) is 6. The number of esters is 1. The lowest BCUT2D eigenvalue weighted by atomic mass is 10.1. The van der Waals surface area contributed by atoms with Gasteiger partial charge in [0.1, 0.15) is 23.7 Å². The summed E-state index contributed by atoms with van der Waals surface area (Å²) in [4.78, 5) is 51.1. The van der Waals surface area contributed by atoms with E-state index in [-0.39, 0.29) is 30.0 Å². The van der Waals surface area contributed by atoms with E-state index in [4.69, 9.17) is 9.47 Å². The molecule has 0 atom stereocenters. The number of anilines is 1. The zero-order valence-corrected chi connectivity index (χ0v) is 21.1. The zero-order chi connectivity index (χ0) is 26.5. The lowest BCUT2D eigenvalue weighted by Crippen LogP contribution is -2.54. The Morgan fingerprint density at radius 3 is 2.51 bits per heavy atom. The van der Waals surface area contributed by atoms with Gasteiger partial charge in [0.2, 0.25) is 0 Å². The van der Waals surface area contributed by atoms with Crippen molar-refractivity contribution in [2.45, 2.75) is 13.5 Å². The van der Waals surface area contributed by atoms with E-state index >= 15 is 0 Å². The third-order valence-corrected chi connectivity index (χ3v) is 5.79. The fourth-order valence-electron chi connectivity index (χ4n) is 3.56. The Kier molecular flexibility index (Phi) is 7.78. The van der Waals surface area contributed by atoms with Crippen LogP contribution in [-0.4, -0.2) is 30.4 Å². The summed E-state index contributed by atoms with van der Waals surface area (Å²) >= 11 is 3.36. The molecule has 0 bridgehead atoms. The van der Waals surface area contributed by atoms with Crippen molar-refractivity contribution in [2.24, 2.45) is 0 Å². The Labute approximate surface area is 219 Å². The number of hydrogen-bond donors (Lipinski definition) is 1. The quantitative estimate of drug-likeness (QED) is 0.245. The van der Waals surface area contributed by atoms with Crippen molar-refractivity contribution >= 4 is 51.5 Å². The van der Waals surface area contributed by atoms with E-state index in [2.05, 4.69) is 21.2 Å². The smallest absolute Gasteiger partial charge is 0.338 e. The number of nitrogens with one attached hydrogen (secondary N) is 1. The number of halogens is 2. The van der Waals surface area contributed by atoms with Crippen LogP contribution in [0.5, 0.6) is 5.75 Å². The molecular weight excluding hydrogens is 547 g/mol. The van der Waals surface area contributed by atoms with E-state index < -0.39 is 29.6 Å². The minimum Gasteiger partial charge on any atom is -0.488 e. The first-order chi connectivity index (χ1) is 17.8. The molecule has 0 aromatic heterocycles. The minimum absolute atomic E-state index is 0.0487. The van der Waals surface area contributed by atoms with Crippen molar-refractivity contribution in [3.8, 4) is 5.75 Å². The van der Waals surface area contributed by atoms with Gasteiger partial charge in [-0.1, -0.05) is 28.1 Å². The summed E-state index contributed by atoms with van der Waals surface area (Å²) < 4.78 is 24.9. The molecule has 1 N–H and O–H groups in total. The Hall–Kier alpha value is -4.31. The molecule has 3 aromatic rings. The van der Waals surface area contributed by atoms with Gasteiger partial charge in [-0.3, -0.25) is 14.9 Å². The van der Waals surface area contributed by atoms with Crippen LogP contribution < -0.4 is 15.0 Å². The molecular formula is C27H20BrFN2O6. The lowest BCUT2D eigenvalue weighted by molar-refractivity contribution is -0.122. The molecule has 0 radical (unpaired) electrons. The van der Waals surface area contributed by atoms with Crippen molar-refractivity contribution in [1.82, 2.24) is 5.32 Å². The maximum Gasteiger partial charge on any atom is 0.338 e. The molecule has 1 fully saturated rings. The molecule has 188 valence electrons. The first-order valence-electron chi connectivity index (χ1n) is 11.1. The van der Waals surface area contributed by atoms with Gasteiger partial charge in [0.15, 0.2) is 0 Å². The van der Waals surface area contributed by atoms with E-state index in [1.54, 1.807) is 37.3 Å². The molecule has 0 spiro atoms. The molecule has 8 nitrogen and oxygen atoms in total. The van der Waals surface area contributed by atoms with Crippen LogP contribution in [0.4, 0.5) is 14.9 Å². The third kappa shape index (κ3) is 5.92. The molecule has 1 aliphatic heterocycles.